The van der Waals surface area contributed by atoms with Gasteiger partial charge in [-0.05, 0) is 59.2 Å². The Hall–Kier alpha value is -0.260. The molecule has 0 bridgehead atoms. The van der Waals surface area contributed by atoms with Crippen molar-refractivity contribution in [3.63, 3.8) is 0 Å². The Morgan fingerprint density at radius 2 is 1.12 bits per heavy atom. The summed E-state index contributed by atoms with van der Waals surface area (Å²) >= 11 is 0. The Balaban J connectivity index is 2.95. The summed E-state index contributed by atoms with van der Waals surface area (Å²) in [5.41, 5.74) is 5.10. The molecule has 2 aliphatic rings. The second-order valence-corrected chi connectivity index (χ2v) is 13.2. The standard InChI is InChI=1S/C26H48/c1-21(2,3)25(11)20(19-16-14-13-15-17-19)23(7,8)18-24(9,10)26(25,12)22(4,5)6/h13-18H2,1-12H3. The molecule has 0 N–H and O–H groups in total. The van der Waals surface area contributed by atoms with Crippen molar-refractivity contribution < 1.29 is 0 Å². The van der Waals surface area contributed by atoms with Crippen molar-refractivity contribution in [1.82, 2.24) is 0 Å². The van der Waals surface area contributed by atoms with Crippen LogP contribution in [-0.4, -0.2) is 0 Å². The molecule has 2 rings (SSSR count). The molecule has 0 heterocycles. The van der Waals surface area contributed by atoms with E-state index in [4.69, 9.17) is 0 Å². The normalized spacial score (nSPS) is 35.5. The minimum Gasteiger partial charge on any atom is -0.0699 e. The van der Waals surface area contributed by atoms with Crippen molar-refractivity contribution in [3.8, 4) is 0 Å². The zero-order chi connectivity index (χ0) is 20.4. The highest BCUT2D eigenvalue weighted by Gasteiger charge is 2.69. The van der Waals surface area contributed by atoms with Crippen molar-refractivity contribution in [2.45, 2.75) is 122 Å². The van der Waals surface area contributed by atoms with Gasteiger partial charge in [0.1, 0.15) is 0 Å². The fourth-order valence-corrected chi connectivity index (χ4v) is 7.92. The second-order valence-electron chi connectivity index (χ2n) is 13.2. The lowest BCUT2D eigenvalue weighted by atomic mass is 9.31. The maximum Gasteiger partial charge on any atom is 0.000395 e. The highest BCUT2D eigenvalue weighted by molar-refractivity contribution is 5.38. The summed E-state index contributed by atoms with van der Waals surface area (Å²) in [7, 11) is 0. The van der Waals surface area contributed by atoms with E-state index in [0.717, 1.165) is 0 Å². The Labute approximate surface area is 165 Å². The zero-order valence-corrected chi connectivity index (χ0v) is 20.2. The van der Waals surface area contributed by atoms with Gasteiger partial charge in [0.15, 0.2) is 0 Å². The largest absolute Gasteiger partial charge is 0.0699 e. The maximum absolute atomic E-state index is 2.65. The molecule has 2 saturated carbocycles. The Bertz CT molecular complexity index is 564. The van der Waals surface area contributed by atoms with E-state index in [2.05, 4.69) is 83.1 Å². The van der Waals surface area contributed by atoms with Gasteiger partial charge in [-0.3, -0.25) is 0 Å². The lowest BCUT2D eigenvalue weighted by Crippen LogP contribution is -2.66. The second kappa shape index (κ2) is 6.12. The van der Waals surface area contributed by atoms with E-state index in [9.17, 15) is 0 Å². The zero-order valence-electron chi connectivity index (χ0n) is 20.2. The van der Waals surface area contributed by atoms with Gasteiger partial charge >= 0.3 is 0 Å². The van der Waals surface area contributed by atoms with Gasteiger partial charge in [0.25, 0.3) is 0 Å². The van der Waals surface area contributed by atoms with Crippen molar-refractivity contribution in [2.24, 2.45) is 32.5 Å². The summed E-state index contributed by atoms with van der Waals surface area (Å²) in [5.74, 6) is 0. The molecule has 152 valence electrons. The molecule has 0 aliphatic heterocycles. The summed E-state index contributed by atoms with van der Waals surface area (Å²) < 4.78 is 0. The summed E-state index contributed by atoms with van der Waals surface area (Å²) in [6, 6.07) is 0. The predicted octanol–water partition coefficient (Wildman–Crippen LogP) is 8.81. The Morgan fingerprint density at radius 1 is 0.654 bits per heavy atom. The van der Waals surface area contributed by atoms with Crippen molar-refractivity contribution in [2.75, 3.05) is 0 Å². The third-order valence-corrected chi connectivity index (χ3v) is 9.22. The molecule has 0 aromatic heterocycles. The van der Waals surface area contributed by atoms with Crippen LogP contribution in [0.4, 0.5) is 0 Å². The molecule has 2 unspecified atom stereocenters. The monoisotopic (exact) mass is 360 g/mol. The van der Waals surface area contributed by atoms with Gasteiger partial charge in [-0.1, -0.05) is 101 Å². The number of hydrogen-bond acceptors (Lipinski definition) is 0. The van der Waals surface area contributed by atoms with E-state index in [1.807, 2.05) is 11.1 Å². The third kappa shape index (κ3) is 2.84. The van der Waals surface area contributed by atoms with Crippen molar-refractivity contribution in [3.05, 3.63) is 11.1 Å². The fourth-order valence-electron chi connectivity index (χ4n) is 7.92. The molecule has 0 nitrogen and oxygen atoms in total. The molecule has 0 spiro atoms. The molecule has 2 fully saturated rings. The van der Waals surface area contributed by atoms with Gasteiger partial charge in [-0.2, -0.15) is 0 Å². The average Bonchev–Trinajstić information content (AvgIpc) is 2.42. The summed E-state index contributed by atoms with van der Waals surface area (Å²) in [6.45, 7) is 30.6. The molecule has 2 aliphatic carbocycles. The van der Waals surface area contributed by atoms with Gasteiger partial charge in [-0.25, -0.2) is 0 Å². The molecule has 26 heavy (non-hydrogen) atoms. The van der Waals surface area contributed by atoms with E-state index in [0.29, 0.717) is 0 Å². The first-order chi connectivity index (χ1) is 11.4. The quantitative estimate of drug-likeness (QED) is 0.378. The first-order valence-corrected chi connectivity index (χ1v) is 11.2. The van der Waals surface area contributed by atoms with Crippen LogP contribution < -0.4 is 0 Å². The molecular weight excluding hydrogens is 312 g/mol. The van der Waals surface area contributed by atoms with Crippen LogP contribution in [0, 0.1) is 32.5 Å². The van der Waals surface area contributed by atoms with E-state index in [-0.39, 0.29) is 32.5 Å². The van der Waals surface area contributed by atoms with Gasteiger partial charge in [0, 0.05) is 5.41 Å². The van der Waals surface area contributed by atoms with Crippen LogP contribution in [0.2, 0.25) is 0 Å². The fraction of sp³-hybridized carbons (Fsp3) is 0.923. The maximum atomic E-state index is 2.65. The lowest BCUT2D eigenvalue weighted by molar-refractivity contribution is -0.198. The topological polar surface area (TPSA) is 0 Å². The molecule has 0 amide bonds. The summed E-state index contributed by atoms with van der Waals surface area (Å²) in [6.07, 6.45) is 8.18. The number of allylic oxidation sites excluding steroid dienone is 2. The Morgan fingerprint density at radius 3 is 1.50 bits per heavy atom. The van der Waals surface area contributed by atoms with Gasteiger partial charge in [-0.15, -0.1) is 0 Å². The minimum atomic E-state index is 0.177. The smallest absolute Gasteiger partial charge is 0.000395 e. The average molecular weight is 361 g/mol. The number of rotatable bonds is 0. The van der Waals surface area contributed by atoms with Crippen LogP contribution in [0.25, 0.3) is 0 Å². The van der Waals surface area contributed by atoms with Crippen LogP contribution in [0.5, 0.6) is 0 Å². The predicted molar refractivity (Wildman–Crippen MR) is 117 cm³/mol. The van der Waals surface area contributed by atoms with Gasteiger partial charge < -0.3 is 0 Å². The first kappa shape index (κ1) is 22.0. The van der Waals surface area contributed by atoms with E-state index >= 15 is 0 Å². The van der Waals surface area contributed by atoms with E-state index in [1.165, 1.54) is 38.5 Å². The van der Waals surface area contributed by atoms with Crippen LogP contribution >= 0.6 is 0 Å². The molecule has 0 heteroatoms. The van der Waals surface area contributed by atoms with Gasteiger partial charge in [0.2, 0.25) is 0 Å². The highest BCUT2D eigenvalue weighted by Crippen LogP contribution is 2.77. The van der Waals surface area contributed by atoms with Crippen LogP contribution in [0.3, 0.4) is 0 Å². The highest BCUT2D eigenvalue weighted by atomic mass is 14.7. The minimum absolute atomic E-state index is 0.177. The van der Waals surface area contributed by atoms with Crippen molar-refractivity contribution >= 4 is 0 Å². The SMILES string of the molecule is CC1(C)CC(C)(C)C(C)(C(C)(C)C)C(C)(C(C)(C)C)C1=C1CCCCC1. The lowest BCUT2D eigenvalue weighted by Gasteiger charge is -2.73. The van der Waals surface area contributed by atoms with Crippen molar-refractivity contribution in [1.29, 1.82) is 0 Å². The van der Waals surface area contributed by atoms with Crippen LogP contribution in [-0.2, 0) is 0 Å². The van der Waals surface area contributed by atoms with Gasteiger partial charge in [0.05, 0.1) is 0 Å². The molecule has 2 atom stereocenters. The third-order valence-electron chi connectivity index (χ3n) is 9.22. The summed E-state index contributed by atoms with van der Waals surface area (Å²) in [4.78, 5) is 0. The Kier molecular flexibility index (Phi) is 5.18. The molecule has 0 radical (unpaired) electrons. The number of hydrogen-bond donors (Lipinski definition) is 0. The van der Waals surface area contributed by atoms with Crippen LogP contribution in [0.15, 0.2) is 11.1 Å². The summed E-state index contributed by atoms with van der Waals surface area (Å²) in [5, 5.41) is 0. The molecule has 0 aromatic rings. The molecular formula is C26H48. The molecule has 0 aromatic carbocycles. The molecule has 0 saturated heterocycles. The van der Waals surface area contributed by atoms with Crippen LogP contribution in [0.1, 0.15) is 122 Å². The van der Waals surface area contributed by atoms with E-state index < -0.39 is 0 Å². The first-order valence-electron chi connectivity index (χ1n) is 11.2. The van der Waals surface area contributed by atoms with E-state index in [1.54, 1.807) is 0 Å².